The number of ether oxygens (including phenoxy) is 1. The summed E-state index contributed by atoms with van der Waals surface area (Å²) in [6.45, 7) is -0.712. The van der Waals surface area contributed by atoms with Gasteiger partial charge in [-0.2, -0.15) is 4.31 Å². The van der Waals surface area contributed by atoms with Crippen LogP contribution < -0.4 is 0 Å². The van der Waals surface area contributed by atoms with Crippen molar-refractivity contribution in [1.29, 1.82) is 0 Å². The molecule has 1 heterocycles. The van der Waals surface area contributed by atoms with Crippen LogP contribution in [0.1, 0.15) is 0 Å². The quantitative estimate of drug-likeness (QED) is 0.774. The maximum Gasteiger partial charge on any atom is 0.243 e. The molecule has 0 saturated carbocycles. The molecule has 1 aromatic rings. The highest BCUT2D eigenvalue weighted by molar-refractivity contribution is 7.89. The summed E-state index contributed by atoms with van der Waals surface area (Å²) in [5.41, 5.74) is -1.56. The van der Waals surface area contributed by atoms with Gasteiger partial charge >= 0.3 is 0 Å². The van der Waals surface area contributed by atoms with E-state index in [1.165, 1.54) is 19.2 Å². The zero-order chi connectivity index (χ0) is 14.1. The van der Waals surface area contributed by atoms with E-state index < -0.39 is 28.3 Å². The molecule has 0 aliphatic carbocycles. The molecule has 1 saturated heterocycles. The SMILES string of the molecule is CO[C@H]1CN(S(=O)(=O)c2ccccc2)C[C@@]1(O)CO. The highest BCUT2D eigenvalue weighted by atomic mass is 32.2. The molecular formula is C12H17NO5S. The molecule has 0 spiro atoms. The lowest BCUT2D eigenvalue weighted by Gasteiger charge is -2.25. The molecule has 0 radical (unpaired) electrons. The molecule has 106 valence electrons. The van der Waals surface area contributed by atoms with E-state index in [4.69, 9.17) is 4.74 Å². The molecule has 2 rings (SSSR count). The van der Waals surface area contributed by atoms with E-state index in [9.17, 15) is 18.6 Å². The molecule has 0 aromatic heterocycles. The van der Waals surface area contributed by atoms with Crippen molar-refractivity contribution >= 4 is 10.0 Å². The second-order valence-corrected chi connectivity index (χ2v) is 6.53. The van der Waals surface area contributed by atoms with Crippen LogP contribution in [0.25, 0.3) is 0 Å². The van der Waals surface area contributed by atoms with E-state index in [0.717, 1.165) is 4.31 Å². The maximum absolute atomic E-state index is 12.4. The first-order chi connectivity index (χ1) is 8.94. The fourth-order valence-electron chi connectivity index (χ4n) is 2.20. The van der Waals surface area contributed by atoms with Gasteiger partial charge in [0.2, 0.25) is 10.0 Å². The monoisotopic (exact) mass is 287 g/mol. The molecule has 19 heavy (non-hydrogen) atoms. The zero-order valence-electron chi connectivity index (χ0n) is 10.6. The van der Waals surface area contributed by atoms with Crippen LogP contribution in [0.5, 0.6) is 0 Å². The van der Waals surface area contributed by atoms with Crippen molar-refractivity contribution in [2.75, 3.05) is 26.8 Å². The van der Waals surface area contributed by atoms with E-state index in [-0.39, 0.29) is 18.0 Å². The molecule has 1 aliphatic heterocycles. The number of hydrogen-bond donors (Lipinski definition) is 2. The molecule has 1 aliphatic rings. The smallest absolute Gasteiger partial charge is 0.243 e. The van der Waals surface area contributed by atoms with E-state index >= 15 is 0 Å². The number of aliphatic hydroxyl groups is 2. The third-order valence-electron chi connectivity index (χ3n) is 3.36. The molecule has 7 heteroatoms. The van der Waals surface area contributed by atoms with Gasteiger partial charge in [-0.15, -0.1) is 0 Å². The Kier molecular flexibility index (Phi) is 3.93. The Labute approximate surface area is 112 Å². The lowest BCUT2D eigenvalue weighted by Crippen LogP contribution is -2.46. The highest BCUT2D eigenvalue weighted by Gasteiger charge is 2.49. The van der Waals surface area contributed by atoms with Crippen LogP contribution >= 0.6 is 0 Å². The van der Waals surface area contributed by atoms with Crippen molar-refractivity contribution in [2.45, 2.75) is 16.6 Å². The Hall–Kier alpha value is -0.990. The van der Waals surface area contributed by atoms with Gasteiger partial charge in [-0.3, -0.25) is 0 Å². The van der Waals surface area contributed by atoms with E-state index in [1.807, 2.05) is 0 Å². The van der Waals surface area contributed by atoms with Gasteiger partial charge in [0, 0.05) is 20.2 Å². The van der Waals surface area contributed by atoms with Crippen molar-refractivity contribution in [3.05, 3.63) is 30.3 Å². The normalized spacial score (nSPS) is 28.7. The standard InChI is InChI=1S/C12H17NO5S/c1-18-11-7-13(8-12(11,15)9-14)19(16,17)10-5-3-2-4-6-10/h2-6,11,14-15H,7-9H2,1H3/t11-,12+/m0/s1. The fourth-order valence-corrected chi connectivity index (χ4v) is 3.72. The summed E-state index contributed by atoms with van der Waals surface area (Å²) in [6, 6.07) is 7.98. The molecule has 0 unspecified atom stereocenters. The molecular weight excluding hydrogens is 270 g/mol. The lowest BCUT2D eigenvalue weighted by atomic mass is 10.0. The third kappa shape index (κ3) is 2.52. The Morgan fingerprint density at radius 1 is 1.42 bits per heavy atom. The minimum atomic E-state index is -3.68. The molecule has 2 N–H and O–H groups in total. The Bertz CT molecular complexity index is 532. The fraction of sp³-hybridized carbons (Fsp3) is 0.500. The minimum Gasteiger partial charge on any atom is -0.393 e. The van der Waals surface area contributed by atoms with Gasteiger partial charge in [-0.25, -0.2) is 8.42 Å². The summed E-state index contributed by atoms with van der Waals surface area (Å²) >= 11 is 0. The van der Waals surface area contributed by atoms with Crippen LogP contribution in [-0.2, 0) is 14.8 Å². The molecule has 2 atom stereocenters. The van der Waals surface area contributed by atoms with Crippen LogP contribution in [0.15, 0.2) is 35.2 Å². The van der Waals surface area contributed by atoms with Crippen LogP contribution in [0, 0.1) is 0 Å². The Morgan fingerprint density at radius 3 is 2.53 bits per heavy atom. The number of sulfonamides is 1. The van der Waals surface area contributed by atoms with Crippen molar-refractivity contribution in [3.8, 4) is 0 Å². The Balaban J connectivity index is 2.30. The zero-order valence-corrected chi connectivity index (χ0v) is 11.4. The molecule has 1 aromatic carbocycles. The minimum absolute atomic E-state index is 0.0186. The molecule has 0 amide bonds. The number of nitrogens with zero attached hydrogens (tertiary/aromatic N) is 1. The third-order valence-corrected chi connectivity index (χ3v) is 5.18. The first-order valence-electron chi connectivity index (χ1n) is 5.85. The predicted octanol–water partition coefficient (Wildman–Crippen LogP) is -0.571. The van der Waals surface area contributed by atoms with Crippen molar-refractivity contribution in [1.82, 2.24) is 4.31 Å². The average molecular weight is 287 g/mol. The van der Waals surface area contributed by atoms with Crippen molar-refractivity contribution in [2.24, 2.45) is 0 Å². The van der Waals surface area contributed by atoms with E-state index in [0.29, 0.717) is 0 Å². The summed E-state index contributed by atoms with van der Waals surface area (Å²) in [5, 5.41) is 19.4. The van der Waals surface area contributed by atoms with E-state index in [1.54, 1.807) is 18.2 Å². The first kappa shape index (κ1) is 14.4. The van der Waals surface area contributed by atoms with Gasteiger partial charge in [0.05, 0.1) is 11.5 Å². The number of aliphatic hydroxyl groups excluding tert-OH is 1. The van der Waals surface area contributed by atoms with Gasteiger partial charge in [0.15, 0.2) is 0 Å². The number of β-amino-alcohol motifs (C(OH)–C–C–N with tert-alkyl or cyclic N) is 1. The van der Waals surface area contributed by atoms with Crippen molar-refractivity contribution < 1.29 is 23.4 Å². The summed E-state index contributed by atoms with van der Waals surface area (Å²) in [5.74, 6) is 0. The summed E-state index contributed by atoms with van der Waals surface area (Å²) in [7, 11) is -2.30. The maximum atomic E-state index is 12.4. The van der Waals surface area contributed by atoms with Crippen LogP contribution in [-0.4, -0.2) is 61.4 Å². The van der Waals surface area contributed by atoms with Crippen molar-refractivity contribution in [3.63, 3.8) is 0 Å². The van der Waals surface area contributed by atoms with Gasteiger partial charge in [0.25, 0.3) is 0 Å². The molecule has 6 nitrogen and oxygen atoms in total. The van der Waals surface area contributed by atoms with Gasteiger partial charge in [-0.05, 0) is 12.1 Å². The number of rotatable bonds is 4. The van der Waals surface area contributed by atoms with Crippen LogP contribution in [0.4, 0.5) is 0 Å². The predicted molar refractivity (Wildman–Crippen MR) is 68.0 cm³/mol. The molecule has 1 fully saturated rings. The summed E-state index contributed by atoms with van der Waals surface area (Å²) in [4.78, 5) is 0.159. The van der Waals surface area contributed by atoms with E-state index in [2.05, 4.69) is 0 Å². The van der Waals surface area contributed by atoms with Gasteiger partial charge < -0.3 is 14.9 Å². The first-order valence-corrected chi connectivity index (χ1v) is 7.29. The number of benzene rings is 1. The number of hydrogen-bond acceptors (Lipinski definition) is 5. The topological polar surface area (TPSA) is 87.1 Å². The lowest BCUT2D eigenvalue weighted by molar-refractivity contribution is -0.0890. The average Bonchev–Trinajstić information content (AvgIpc) is 2.78. The van der Waals surface area contributed by atoms with Gasteiger partial charge in [-0.1, -0.05) is 18.2 Å². The number of methoxy groups -OCH3 is 1. The largest absolute Gasteiger partial charge is 0.393 e. The van der Waals surface area contributed by atoms with Gasteiger partial charge in [0.1, 0.15) is 11.7 Å². The van der Waals surface area contributed by atoms with Crippen LogP contribution in [0.3, 0.4) is 0 Å². The second kappa shape index (κ2) is 5.18. The second-order valence-electron chi connectivity index (χ2n) is 4.60. The van der Waals surface area contributed by atoms with Crippen LogP contribution in [0.2, 0.25) is 0 Å². The summed E-state index contributed by atoms with van der Waals surface area (Å²) < 4.78 is 30.9. The molecule has 0 bridgehead atoms. The summed E-state index contributed by atoms with van der Waals surface area (Å²) in [6.07, 6.45) is -0.740. The highest BCUT2D eigenvalue weighted by Crippen LogP contribution is 2.28. The Morgan fingerprint density at radius 2 is 2.05 bits per heavy atom.